The number of aliphatic hydroxyl groups is 1. The maximum absolute atomic E-state index is 10.6. The fraction of sp³-hybridized carbons (Fsp3) is 0.364. The molecule has 0 spiro atoms. The lowest BCUT2D eigenvalue weighted by Gasteiger charge is -2.06. The second-order valence-corrected chi connectivity index (χ2v) is 3.43. The summed E-state index contributed by atoms with van der Waals surface area (Å²) in [7, 11) is 1.47. The molecule has 0 aromatic heterocycles. The summed E-state index contributed by atoms with van der Waals surface area (Å²) in [5.41, 5.74) is 3.06. The number of hydrogen-bond donors (Lipinski definition) is 2. The van der Waals surface area contributed by atoms with E-state index >= 15 is 0 Å². The molecule has 0 atom stereocenters. The van der Waals surface area contributed by atoms with Gasteiger partial charge in [0.25, 0.3) is 5.69 Å². The molecule has 7 nitrogen and oxygen atoms in total. The predicted molar refractivity (Wildman–Crippen MR) is 68.1 cm³/mol. The van der Waals surface area contributed by atoms with E-state index in [1.165, 1.54) is 25.3 Å². The van der Waals surface area contributed by atoms with Gasteiger partial charge in [0.1, 0.15) is 11.4 Å². The minimum Gasteiger partial charge on any atom is -0.495 e. The third kappa shape index (κ3) is 4.02. The van der Waals surface area contributed by atoms with Gasteiger partial charge in [0.2, 0.25) is 0 Å². The summed E-state index contributed by atoms with van der Waals surface area (Å²) in [5, 5.41) is 23.1. The van der Waals surface area contributed by atoms with E-state index in [2.05, 4.69) is 10.5 Å². The zero-order valence-electron chi connectivity index (χ0n) is 10.00. The SMILES string of the molecule is COc1ccc([N+](=O)[O-])cc1NN=CCCCO. The van der Waals surface area contributed by atoms with Crippen molar-refractivity contribution in [3.8, 4) is 5.75 Å². The Morgan fingerprint density at radius 3 is 3.00 bits per heavy atom. The Labute approximate surface area is 104 Å². The number of nitrogens with zero attached hydrogens (tertiary/aromatic N) is 2. The Balaban J connectivity index is 2.75. The van der Waals surface area contributed by atoms with Crippen LogP contribution in [0, 0.1) is 10.1 Å². The first-order chi connectivity index (χ1) is 8.69. The van der Waals surface area contributed by atoms with E-state index in [-0.39, 0.29) is 12.3 Å². The first-order valence-electron chi connectivity index (χ1n) is 5.40. The highest BCUT2D eigenvalue weighted by Crippen LogP contribution is 2.28. The summed E-state index contributed by atoms with van der Waals surface area (Å²) in [6, 6.07) is 4.21. The smallest absolute Gasteiger partial charge is 0.271 e. The van der Waals surface area contributed by atoms with Gasteiger partial charge < -0.3 is 9.84 Å². The Bertz CT molecular complexity index is 434. The van der Waals surface area contributed by atoms with Crippen molar-refractivity contribution in [2.45, 2.75) is 12.8 Å². The molecule has 0 unspecified atom stereocenters. The highest BCUT2D eigenvalue weighted by Gasteiger charge is 2.10. The van der Waals surface area contributed by atoms with Gasteiger partial charge in [-0.25, -0.2) is 0 Å². The summed E-state index contributed by atoms with van der Waals surface area (Å²) in [4.78, 5) is 10.2. The van der Waals surface area contributed by atoms with E-state index in [1.54, 1.807) is 6.21 Å². The van der Waals surface area contributed by atoms with Crippen molar-refractivity contribution < 1.29 is 14.8 Å². The molecule has 0 saturated heterocycles. The van der Waals surface area contributed by atoms with Crippen molar-refractivity contribution >= 4 is 17.6 Å². The second kappa shape index (κ2) is 7.23. The minimum absolute atomic E-state index is 0.0381. The van der Waals surface area contributed by atoms with Gasteiger partial charge in [-0.15, -0.1) is 0 Å². The molecular weight excluding hydrogens is 238 g/mol. The molecule has 0 aliphatic carbocycles. The molecule has 7 heteroatoms. The Morgan fingerprint density at radius 1 is 1.61 bits per heavy atom. The van der Waals surface area contributed by atoms with Gasteiger partial charge in [-0.3, -0.25) is 15.5 Å². The van der Waals surface area contributed by atoms with Crippen LogP contribution in [0.1, 0.15) is 12.8 Å². The summed E-state index contributed by atoms with van der Waals surface area (Å²) in [6.45, 7) is 0.103. The third-order valence-electron chi connectivity index (χ3n) is 2.16. The monoisotopic (exact) mass is 253 g/mol. The molecule has 0 aliphatic rings. The molecule has 18 heavy (non-hydrogen) atoms. The largest absolute Gasteiger partial charge is 0.495 e. The molecule has 0 amide bonds. The Morgan fingerprint density at radius 2 is 2.39 bits per heavy atom. The molecule has 0 bridgehead atoms. The topological polar surface area (TPSA) is 97.0 Å². The number of nitrogens with one attached hydrogen (secondary N) is 1. The number of hydrazone groups is 1. The lowest BCUT2D eigenvalue weighted by atomic mass is 10.2. The van der Waals surface area contributed by atoms with Crippen molar-refractivity contribution in [2.75, 3.05) is 19.1 Å². The molecular formula is C11H15N3O4. The summed E-state index contributed by atoms with van der Waals surface area (Å²) in [5.74, 6) is 0.472. The average molecular weight is 253 g/mol. The van der Waals surface area contributed by atoms with Crippen LogP contribution in [-0.2, 0) is 0 Å². The molecule has 0 aliphatic heterocycles. The summed E-state index contributed by atoms with van der Waals surface area (Å²) in [6.07, 6.45) is 2.84. The van der Waals surface area contributed by atoms with Crippen molar-refractivity contribution in [2.24, 2.45) is 5.10 Å². The minimum atomic E-state index is -0.486. The molecule has 1 aromatic carbocycles. The van der Waals surface area contributed by atoms with Crippen LogP contribution in [-0.4, -0.2) is 30.0 Å². The van der Waals surface area contributed by atoms with Crippen molar-refractivity contribution in [3.63, 3.8) is 0 Å². The quantitative estimate of drug-likeness (QED) is 0.334. The maximum atomic E-state index is 10.6. The first-order valence-corrected chi connectivity index (χ1v) is 5.40. The van der Waals surface area contributed by atoms with Gasteiger partial charge in [-0.05, 0) is 18.9 Å². The summed E-state index contributed by atoms with van der Waals surface area (Å²) < 4.78 is 5.06. The lowest BCUT2D eigenvalue weighted by Crippen LogP contribution is -1.96. The number of unbranched alkanes of at least 4 members (excludes halogenated alkanes) is 1. The zero-order valence-corrected chi connectivity index (χ0v) is 10.00. The standard InChI is InChI=1S/C11H15N3O4/c1-18-11-5-4-9(14(16)17)8-10(11)13-12-6-2-3-7-15/h4-6,8,13,15H,2-3,7H2,1H3. The lowest BCUT2D eigenvalue weighted by molar-refractivity contribution is -0.384. The van der Waals surface area contributed by atoms with Crippen LogP contribution in [0.5, 0.6) is 5.75 Å². The molecule has 1 aromatic rings. The van der Waals surface area contributed by atoms with Crippen LogP contribution in [0.2, 0.25) is 0 Å². The fourth-order valence-corrected chi connectivity index (χ4v) is 1.26. The van der Waals surface area contributed by atoms with Gasteiger partial charge in [-0.1, -0.05) is 0 Å². The zero-order chi connectivity index (χ0) is 13.4. The van der Waals surface area contributed by atoms with E-state index in [9.17, 15) is 10.1 Å². The number of nitro benzene ring substituents is 1. The number of ether oxygens (including phenoxy) is 1. The molecule has 98 valence electrons. The van der Waals surface area contributed by atoms with Crippen LogP contribution in [0.4, 0.5) is 11.4 Å². The molecule has 0 saturated carbocycles. The Hall–Kier alpha value is -2.15. The van der Waals surface area contributed by atoms with E-state index in [0.29, 0.717) is 24.3 Å². The normalized spacial score (nSPS) is 10.6. The van der Waals surface area contributed by atoms with E-state index in [4.69, 9.17) is 9.84 Å². The van der Waals surface area contributed by atoms with E-state index in [1.807, 2.05) is 0 Å². The van der Waals surface area contributed by atoms with Crippen molar-refractivity contribution in [3.05, 3.63) is 28.3 Å². The molecule has 0 fully saturated rings. The number of benzene rings is 1. The molecule has 2 N–H and O–H groups in total. The van der Waals surface area contributed by atoms with Gasteiger partial charge in [0.15, 0.2) is 0 Å². The highest BCUT2D eigenvalue weighted by molar-refractivity contribution is 5.64. The number of aliphatic hydroxyl groups excluding tert-OH is 1. The van der Waals surface area contributed by atoms with Gasteiger partial charge in [0.05, 0.1) is 12.0 Å². The number of methoxy groups -OCH3 is 1. The van der Waals surface area contributed by atoms with Crippen LogP contribution in [0.25, 0.3) is 0 Å². The van der Waals surface area contributed by atoms with Crippen LogP contribution in [0.15, 0.2) is 23.3 Å². The first kappa shape index (κ1) is 13.9. The average Bonchev–Trinajstić information content (AvgIpc) is 2.38. The van der Waals surface area contributed by atoms with Gasteiger partial charge >= 0.3 is 0 Å². The van der Waals surface area contributed by atoms with E-state index in [0.717, 1.165) is 0 Å². The third-order valence-corrected chi connectivity index (χ3v) is 2.16. The second-order valence-electron chi connectivity index (χ2n) is 3.43. The Kier molecular flexibility index (Phi) is 5.59. The van der Waals surface area contributed by atoms with Crippen LogP contribution in [0.3, 0.4) is 0 Å². The highest BCUT2D eigenvalue weighted by atomic mass is 16.6. The number of nitro groups is 1. The molecule has 0 radical (unpaired) electrons. The molecule has 0 heterocycles. The van der Waals surface area contributed by atoms with Crippen molar-refractivity contribution in [1.29, 1.82) is 0 Å². The summed E-state index contributed by atoms with van der Waals surface area (Å²) >= 11 is 0. The van der Waals surface area contributed by atoms with Crippen LogP contribution >= 0.6 is 0 Å². The number of anilines is 1. The number of non-ortho nitro benzene ring substituents is 1. The molecule has 1 rings (SSSR count). The van der Waals surface area contributed by atoms with Gasteiger partial charge in [0, 0.05) is 25.0 Å². The number of rotatable bonds is 7. The van der Waals surface area contributed by atoms with Crippen LogP contribution < -0.4 is 10.2 Å². The fourth-order valence-electron chi connectivity index (χ4n) is 1.26. The maximum Gasteiger partial charge on any atom is 0.271 e. The van der Waals surface area contributed by atoms with Gasteiger partial charge in [-0.2, -0.15) is 5.10 Å². The van der Waals surface area contributed by atoms with E-state index < -0.39 is 4.92 Å². The number of hydrogen-bond acceptors (Lipinski definition) is 6. The van der Waals surface area contributed by atoms with Crippen molar-refractivity contribution in [1.82, 2.24) is 0 Å². The predicted octanol–water partition coefficient (Wildman–Crippen LogP) is 1.77.